The molecule has 0 radical (unpaired) electrons. The van der Waals surface area contributed by atoms with Crippen LogP contribution in [-0.2, 0) is 13.7 Å². The maximum absolute atomic E-state index is 13.5. The Morgan fingerprint density at radius 2 is 2.20 bits per heavy atom. The molecule has 0 saturated carbocycles. The molecule has 0 aliphatic heterocycles. The van der Waals surface area contributed by atoms with Gasteiger partial charge in [0.1, 0.15) is 5.82 Å². The van der Waals surface area contributed by atoms with E-state index in [4.69, 9.17) is 5.11 Å². The normalized spacial score (nSPS) is 10.8. The van der Waals surface area contributed by atoms with Gasteiger partial charge in [-0.25, -0.2) is 9.37 Å². The molecule has 0 amide bonds. The molecule has 9 heteroatoms. The molecule has 0 aliphatic carbocycles. The summed E-state index contributed by atoms with van der Waals surface area (Å²) in [6.45, 7) is -0.260. The summed E-state index contributed by atoms with van der Waals surface area (Å²) in [4.78, 5) is 13.7. The van der Waals surface area contributed by atoms with Crippen molar-refractivity contribution in [3.63, 3.8) is 0 Å². The van der Waals surface area contributed by atoms with Crippen molar-refractivity contribution >= 4 is 17.4 Å². The van der Waals surface area contributed by atoms with E-state index in [9.17, 15) is 18.9 Å². The largest absolute Gasteiger partial charge is 0.390 e. The number of imidazole rings is 1. The number of aliphatic hydroxyl groups excluding tert-OH is 1. The molecule has 0 fully saturated rings. The van der Waals surface area contributed by atoms with Crippen molar-refractivity contribution in [1.82, 2.24) is 9.55 Å². The zero-order chi connectivity index (χ0) is 14.9. The third-order valence-corrected chi connectivity index (χ3v) is 3.67. The van der Waals surface area contributed by atoms with Gasteiger partial charge in [-0.05, 0) is 17.8 Å². The second-order valence-electron chi connectivity index (χ2n) is 3.84. The van der Waals surface area contributed by atoms with Crippen molar-refractivity contribution in [2.75, 3.05) is 0 Å². The summed E-state index contributed by atoms with van der Waals surface area (Å²) < 4.78 is 28.2. The molecule has 1 N–H and O–H groups in total. The lowest BCUT2D eigenvalue weighted by atomic mass is 10.3. The van der Waals surface area contributed by atoms with E-state index in [0.717, 1.165) is 17.8 Å². The molecule has 2 aromatic rings. The van der Waals surface area contributed by atoms with Crippen molar-refractivity contribution in [3.8, 4) is 0 Å². The minimum Gasteiger partial charge on any atom is -0.390 e. The summed E-state index contributed by atoms with van der Waals surface area (Å²) in [7, 11) is 1.59. The highest BCUT2D eigenvalue weighted by Crippen LogP contribution is 2.36. The molecule has 106 valence electrons. The van der Waals surface area contributed by atoms with Crippen LogP contribution >= 0.6 is 11.8 Å². The zero-order valence-corrected chi connectivity index (χ0v) is 11.0. The Morgan fingerprint density at radius 1 is 1.50 bits per heavy atom. The maximum Gasteiger partial charge on any atom is 0.318 e. The van der Waals surface area contributed by atoms with Crippen LogP contribution in [0.25, 0.3) is 0 Å². The van der Waals surface area contributed by atoms with Gasteiger partial charge in [0, 0.05) is 13.1 Å². The summed E-state index contributed by atoms with van der Waals surface area (Å²) in [5.41, 5.74) is -0.322. The average Bonchev–Trinajstić information content (AvgIpc) is 2.69. The van der Waals surface area contributed by atoms with Crippen LogP contribution in [0.3, 0.4) is 0 Å². The molecule has 1 aromatic heterocycles. The van der Waals surface area contributed by atoms with Crippen LogP contribution in [0.1, 0.15) is 5.69 Å². The quantitative estimate of drug-likeness (QED) is 0.692. The van der Waals surface area contributed by atoms with E-state index in [1.165, 1.54) is 10.8 Å². The van der Waals surface area contributed by atoms with Crippen molar-refractivity contribution in [2.24, 2.45) is 7.05 Å². The Balaban J connectivity index is 2.47. The van der Waals surface area contributed by atoms with Gasteiger partial charge < -0.3 is 9.67 Å². The number of aliphatic hydroxyl groups is 1. The Kier molecular flexibility index (Phi) is 4.00. The number of nitro benzene ring substituents is 1. The van der Waals surface area contributed by atoms with Crippen LogP contribution in [0.2, 0.25) is 0 Å². The van der Waals surface area contributed by atoms with Gasteiger partial charge in [-0.1, -0.05) is 0 Å². The third kappa shape index (κ3) is 2.63. The van der Waals surface area contributed by atoms with E-state index in [-0.39, 0.29) is 16.7 Å². The van der Waals surface area contributed by atoms with Gasteiger partial charge in [0.15, 0.2) is 5.16 Å². The smallest absolute Gasteiger partial charge is 0.318 e. The average molecular weight is 301 g/mol. The van der Waals surface area contributed by atoms with E-state index in [1.807, 2.05) is 0 Å². The lowest BCUT2D eigenvalue weighted by Gasteiger charge is -2.05. The van der Waals surface area contributed by atoms with Crippen molar-refractivity contribution in [2.45, 2.75) is 16.7 Å². The molecule has 6 nitrogen and oxygen atoms in total. The van der Waals surface area contributed by atoms with Gasteiger partial charge in [-0.2, -0.15) is 4.39 Å². The fraction of sp³-hybridized carbons (Fsp3) is 0.182. The minimum atomic E-state index is -1.24. The lowest BCUT2D eigenvalue weighted by molar-refractivity contribution is -0.390. The minimum absolute atomic E-state index is 0.189. The van der Waals surface area contributed by atoms with E-state index in [0.29, 0.717) is 11.8 Å². The summed E-state index contributed by atoms with van der Waals surface area (Å²) in [6, 6.07) is 1.33. The summed E-state index contributed by atoms with van der Waals surface area (Å²) >= 11 is 0.753. The second kappa shape index (κ2) is 5.55. The number of benzene rings is 1. The zero-order valence-electron chi connectivity index (χ0n) is 10.2. The van der Waals surface area contributed by atoms with Gasteiger partial charge in [-0.3, -0.25) is 10.1 Å². The molecule has 20 heavy (non-hydrogen) atoms. The fourth-order valence-corrected chi connectivity index (χ4v) is 2.56. The van der Waals surface area contributed by atoms with Crippen LogP contribution in [0.15, 0.2) is 28.4 Å². The van der Waals surface area contributed by atoms with Crippen molar-refractivity contribution < 1.29 is 18.8 Å². The van der Waals surface area contributed by atoms with E-state index in [2.05, 4.69) is 4.98 Å². The summed E-state index contributed by atoms with van der Waals surface area (Å²) in [6.07, 6.45) is 1.38. The van der Waals surface area contributed by atoms with E-state index >= 15 is 0 Å². The van der Waals surface area contributed by atoms with Crippen LogP contribution in [0.5, 0.6) is 0 Å². The highest BCUT2D eigenvalue weighted by molar-refractivity contribution is 7.99. The van der Waals surface area contributed by atoms with E-state index in [1.54, 1.807) is 7.05 Å². The van der Waals surface area contributed by atoms with Gasteiger partial charge in [0.2, 0.25) is 5.82 Å². The molecule has 2 rings (SSSR count). The van der Waals surface area contributed by atoms with Crippen molar-refractivity contribution in [1.29, 1.82) is 0 Å². The number of aromatic nitrogens is 2. The number of hydrogen-bond donors (Lipinski definition) is 1. The molecule has 0 aliphatic rings. The van der Waals surface area contributed by atoms with Crippen molar-refractivity contribution in [3.05, 3.63) is 45.8 Å². The monoisotopic (exact) mass is 301 g/mol. The maximum atomic E-state index is 13.5. The van der Waals surface area contributed by atoms with Gasteiger partial charge in [0.05, 0.1) is 28.3 Å². The fourth-order valence-electron chi connectivity index (χ4n) is 1.56. The molecule has 0 unspecified atom stereocenters. The highest BCUT2D eigenvalue weighted by Gasteiger charge is 2.24. The highest BCUT2D eigenvalue weighted by atomic mass is 32.2. The Bertz CT molecular complexity index is 675. The third-order valence-electron chi connectivity index (χ3n) is 2.58. The number of nitrogens with zero attached hydrogens (tertiary/aromatic N) is 3. The van der Waals surface area contributed by atoms with Gasteiger partial charge >= 0.3 is 5.69 Å². The molecule has 0 spiro atoms. The Labute approximate surface area is 116 Å². The first-order valence-corrected chi connectivity index (χ1v) is 6.18. The summed E-state index contributed by atoms with van der Waals surface area (Å²) in [5.74, 6) is -2.15. The number of nitro groups is 1. The first kappa shape index (κ1) is 14.4. The SMILES string of the molecule is Cn1c(CO)cnc1Sc1cc(F)cc(F)c1[N+](=O)[O-]. The van der Waals surface area contributed by atoms with Gasteiger partial charge in [0.25, 0.3) is 0 Å². The van der Waals surface area contributed by atoms with Crippen LogP contribution in [0, 0.1) is 21.7 Å². The Morgan fingerprint density at radius 3 is 2.75 bits per heavy atom. The Hall–Kier alpha value is -2.00. The standard InChI is InChI=1S/C11H9F2N3O3S/c1-15-7(5-17)4-14-11(15)20-9-3-6(12)2-8(13)10(9)16(18)19/h2-4,17H,5H2,1H3. The van der Waals surface area contributed by atoms with Crippen LogP contribution in [-0.4, -0.2) is 19.6 Å². The number of hydrogen-bond acceptors (Lipinski definition) is 5. The summed E-state index contributed by atoms with van der Waals surface area (Å²) in [5, 5.41) is 20.2. The van der Waals surface area contributed by atoms with Crippen LogP contribution < -0.4 is 0 Å². The van der Waals surface area contributed by atoms with E-state index < -0.39 is 22.2 Å². The molecule has 0 bridgehead atoms. The lowest BCUT2D eigenvalue weighted by Crippen LogP contribution is -1.99. The molecular weight excluding hydrogens is 292 g/mol. The second-order valence-corrected chi connectivity index (χ2v) is 4.85. The number of halogens is 2. The first-order valence-electron chi connectivity index (χ1n) is 5.36. The molecule has 0 atom stereocenters. The molecular formula is C11H9F2N3O3S. The molecule has 1 aromatic carbocycles. The van der Waals surface area contributed by atoms with Crippen LogP contribution in [0.4, 0.5) is 14.5 Å². The topological polar surface area (TPSA) is 81.2 Å². The molecule has 1 heterocycles. The molecule has 0 saturated heterocycles. The van der Waals surface area contributed by atoms with Gasteiger partial charge in [-0.15, -0.1) is 0 Å². The first-order chi connectivity index (χ1) is 9.43. The predicted molar refractivity (Wildman–Crippen MR) is 66.3 cm³/mol. The predicted octanol–water partition coefficient (Wildman–Crippen LogP) is 2.25. The number of rotatable bonds is 4.